The second-order valence-electron chi connectivity index (χ2n) is 8.78. The van der Waals surface area contributed by atoms with E-state index >= 15 is 0 Å². The molecule has 0 aliphatic carbocycles. The van der Waals surface area contributed by atoms with Crippen LogP contribution in [-0.4, -0.2) is 47.0 Å². The van der Waals surface area contributed by atoms with E-state index in [2.05, 4.69) is 14.9 Å². The van der Waals surface area contributed by atoms with Gasteiger partial charge in [-0.1, -0.05) is 12.1 Å². The Balaban J connectivity index is 1.38. The Hall–Kier alpha value is -3.25. The molecule has 2 aromatic carbocycles. The number of carbonyl (C=O) groups is 1. The predicted molar refractivity (Wildman–Crippen MR) is 129 cm³/mol. The molecule has 1 aromatic heterocycles. The summed E-state index contributed by atoms with van der Waals surface area (Å²) >= 11 is 0. The molecule has 6 heteroatoms. The Morgan fingerprint density at radius 2 is 1.85 bits per heavy atom. The Labute approximate surface area is 195 Å². The lowest BCUT2D eigenvalue weighted by atomic mass is 9.90. The van der Waals surface area contributed by atoms with Crippen molar-refractivity contribution in [3.63, 3.8) is 0 Å². The quantitative estimate of drug-likeness (QED) is 0.453. The lowest BCUT2D eigenvalue weighted by molar-refractivity contribution is 0.0810. The van der Waals surface area contributed by atoms with Crippen LogP contribution in [0.3, 0.4) is 0 Å². The third-order valence-corrected chi connectivity index (χ3v) is 5.83. The summed E-state index contributed by atoms with van der Waals surface area (Å²) in [6, 6.07) is 15.3. The van der Waals surface area contributed by atoms with Crippen molar-refractivity contribution in [1.29, 1.82) is 0 Å². The standard InChI is InChI=1S/C27H31N3O3/c1-19(2)33-25-8-4-6-22(14-25)26(31)23-7-5-13-30(18-23)17-20-15-28-27(29-16-20)21-9-11-24(32-3)12-10-21/h4,6,8-12,14-16,19,23H,5,7,13,17-18H2,1-3H3/t23-/m0/s1. The monoisotopic (exact) mass is 445 g/mol. The minimum atomic E-state index is -0.00691. The molecule has 1 saturated heterocycles. The molecule has 0 radical (unpaired) electrons. The molecule has 4 rings (SSSR count). The van der Waals surface area contributed by atoms with Gasteiger partial charge in [-0.2, -0.15) is 0 Å². The number of methoxy groups -OCH3 is 1. The van der Waals surface area contributed by atoms with Crippen molar-refractivity contribution in [2.75, 3.05) is 20.2 Å². The van der Waals surface area contributed by atoms with E-state index in [4.69, 9.17) is 9.47 Å². The summed E-state index contributed by atoms with van der Waals surface area (Å²) in [5.74, 6) is 2.44. The second-order valence-corrected chi connectivity index (χ2v) is 8.78. The van der Waals surface area contributed by atoms with E-state index in [9.17, 15) is 4.79 Å². The van der Waals surface area contributed by atoms with E-state index in [-0.39, 0.29) is 17.8 Å². The minimum Gasteiger partial charge on any atom is -0.497 e. The molecule has 0 amide bonds. The first-order valence-corrected chi connectivity index (χ1v) is 11.5. The number of Topliss-reactive ketones (excluding diaryl/α,β-unsaturated/α-hetero) is 1. The summed E-state index contributed by atoms with van der Waals surface area (Å²) in [4.78, 5) is 24.6. The van der Waals surface area contributed by atoms with Gasteiger partial charge >= 0.3 is 0 Å². The molecule has 2 heterocycles. The maximum Gasteiger partial charge on any atom is 0.167 e. The van der Waals surface area contributed by atoms with E-state index in [1.54, 1.807) is 7.11 Å². The third kappa shape index (κ3) is 5.96. The van der Waals surface area contributed by atoms with Crippen LogP contribution in [0, 0.1) is 5.92 Å². The number of aromatic nitrogens is 2. The van der Waals surface area contributed by atoms with Gasteiger partial charge < -0.3 is 9.47 Å². The number of nitrogens with zero attached hydrogens (tertiary/aromatic N) is 3. The first kappa shape index (κ1) is 22.9. The van der Waals surface area contributed by atoms with Crippen molar-refractivity contribution in [3.05, 3.63) is 72.1 Å². The Morgan fingerprint density at radius 1 is 1.09 bits per heavy atom. The maximum absolute atomic E-state index is 13.2. The summed E-state index contributed by atoms with van der Waals surface area (Å²) in [7, 11) is 1.65. The molecule has 0 saturated carbocycles. The zero-order valence-electron chi connectivity index (χ0n) is 19.5. The number of piperidine rings is 1. The van der Waals surface area contributed by atoms with Gasteiger partial charge in [0.15, 0.2) is 11.6 Å². The van der Waals surface area contributed by atoms with E-state index in [0.717, 1.165) is 60.7 Å². The number of benzene rings is 2. The van der Waals surface area contributed by atoms with E-state index < -0.39 is 0 Å². The molecule has 172 valence electrons. The average molecular weight is 446 g/mol. The number of hydrogen-bond donors (Lipinski definition) is 0. The molecule has 0 spiro atoms. The first-order chi connectivity index (χ1) is 16.0. The lowest BCUT2D eigenvalue weighted by Gasteiger charge is -2.32. The van der Waals surface area contributed by atoms with Crippen molar-refractivity contribution in [3.8, 4) is 22.9 Å². The highest BCUT2D eigenvalue weighted by molar-refractivity contribution is 5.98. The summed E-state index contributed by atoms with van der Waals surface area (Å²) in [6.07, 6.45) is 5.76. The zero-order chi connectivity index (χ0) is 23.2. The SMILES string of the molecule is COc1ccc(-c2ncc(CN3CCC[C@H](C(=O)c4cccc(OC(C)C)c4)C3)cn2)cc1. The van der Waals surface area contributed by atoms with Crippen LogP contribution in [0.5, 0.6) is 11.5 Å². The fourth-order valence-corrected chi connectivity index (χ4v) is 4.23. The zero-order valence-corrected chi connectivity index (χ0v) is 19.5. The van der Waals surface area contributed by atoms with Crippen molar-refractivity contribution in [2.24, 2.45) is 5.92 Å². The van der Waals surface area contributed by atoms with Gasteiger partial charge in [0.25, 0.3) is 0 Å². The molecule has 1 fully saturated rings. The number of ether oxygens (including phenoxy) is 2. The van der Waals surface area contributed by atoms with Crippen molar-refractivity contribution in [1.82, 2.24) is 14.9 Å². The fourth-order valence-electron chi connectivity index (χ4n) is 4.23. The van der Waals surface area contributed by atoms with Crippen molar-refractivity contribution in [2.45, 2.75) is 39.3 Å². The number of hydrogen-bond acceptors (Lipinski definition) is 6. The highest BCUT2D eigenvalue weighted by atomic mass is 16.5. The lowest BCUT2D eigenvalue weighted by Crippen LogP contribution is -2.38. The van der Waals surface area contributed by atoms with Gasteiger partial charge in [-0.15, -0.1) is 0 Å². The van der Waals surface area contributed by atoms with Gasteiger partial charge in [-0.25, -0.2) is 9.97 Å². The number of likely N-dealkylation sites (tertiary alicyclic amines) is 1. The van der Waals surface area contributed by atoms with Gasteiger partial charge in [-0.05, 0) is 69.6 Å². The Morgan fingerprint density at radius 3 is 2.55 bits per heavy atom. The number of rotatable bonds is 8. The van der Waals surface area contributed by atoms with Crippen LogP contribution in [0.15, 0.2) is 60.9 Å². The highest BCUT2D eigenvalue weighted by Crippen LogP contribution is 2.25. The molecular formula is C27H31N3O3. The van der Waals surface area contributed by atoms with Crippen LogP contribution >= 0.6 is 0 Å². The van der Waals surface area contributed by atoms with E-state index in [1.165, 1.54) is 0 Å². The highest BCUT2D eigenvalue weighted by Gasteiger charge is 2.27. The molecular weight excluding hydrogens is 414 g/mol. The molecule has 1 aliphatic rings. The van der Waals surface area contributed by atoms with Gasteiger partial charge in [-0.3, -0.25) is 9.69 Å². The molecule has 1 aliphatic heterocycles. The van der Waals surface area contributed by atoms with Gasteiger partial charge in [0.2, 0.25) is 0 Å². The molecule has 6 nitrogen and oxygen atoms in total. The van der Waals surface area contributed by atoms with Crippen molar-refractivity contribution < 1.29 is 14.3 Å². The summed E-state index contributed by atoms with van der Waals surface area (Å²) in [5, 5.41) is 0. The summed E-state index contributed by atoms with van der Waals surface area (Å²) in [5.41, 5.74) is 2.73. The van der Waals surface area contributed by atoms with Crippen LogP contribution in [0.2, 0.25) is 0 Å². The topological polar surface area (TPSA) is 64.5 Å². The van der Waals surface area contributed by atoms with Crippen LogP contribution in [-0.2, 0) is 6.54 Å². The third-order valence-electron chi connectivity index (χ3n) is 5.83. The van der Waals surface area contributed by atoms with Gasteiger partial charge in [0, 0.05) is 48.1 Å². The number of carbonyl (C=O) groups excluding carboxylic acids is 1. The van der Waals surface area contributed by atoms with E-state index in [1.807, 2.05) is 74.8 Å². The smallest absolute Gasteiger partial charge is 0.167 e. The van der Waals surface area contributed by atoms with Gasteiger partial charge in [0.1, 0.15) is 11.5 Å². The maximum atomic E-state index is 13.2. The first-order valence-electron chi connectivity index (χ1n) is 11.5. The van der Waals surface area contributed by atoms with Crippen molar-refractivity contribution >= 4 is 5.78 Å². The molecule has 3 aromatic rings. The fraction of sp³-hybridized carbons (Fsp3) is 0.370. The predicted octanol–water partition coefficient (Wildman–Crippen LogP) is 5.03. The van der Waals surface area contributed by atoms with E-state index in [0.29, 0.717) is 5.82 Å². The van der Waals surface area contributed by atoms with Crippen LogP contribution in [0.25, 0.3) is 11.4 Å². The van der Waals surface area contributed by atoms with Crippen LogP contribution in [0.1, 0.15) is 42.6 Å². The average Bonchev–Trinajstić information content (AvgIpc) is 2.84. The minimum absolute atomic E-state index is 0.00691. The molecule has 0 unspecified atom stereocenters. The molecule has 33 heavy (non-hydrogen) atoms. The molecule has 0 N–H and O–H groups in total. The van der Waals surface area contributed by atoms with Gasteiger partial charge in [0.05, 0.1) is 13.2 Å². The second kappa shape index (κ2) is 10.6. The Bertz CT molecular complexity index is 1060. The number of ketones is 1. The molecule has 0 bridgehead atoms. The van der Waals surface area contributed by atoms with Crippen LogP contribution < -0.4 is 9.47 Å². The Kier molecular flexibility index (Phi) is 7.35. The summed E-state index contributed by atoms with van der Waals surface area (Å²) in [6.45, 7) is 6.43. The normalized spacial score (nSPS) is 16.5. The van der Waals surface area contributed by atoms with Crippen LogP contribution in [0.4, 0.5) is 0 Å². The largest absolute Gasteiger partial charge is 0.497 e. The summed E-state index contributed by atoms with van der Waals surface area (Å²) < 4.78 is 11.0. The molecule has 1 atom stereocenters.